The number of hydrogen-bond donors (Lipinski definition) is 1. The number of benzene rings is 1. The average Bonchev–Trinajstić information content (AvgIpc) is 2.70. The van der Waals surface area contributed by atoms with E-state index in [-0.39, 0.29) is 5.75 Å². The van der Waals surface area contributed by atoms with Crippen molar-refractivity contribution in [3.05, 3.63) is 28.8 Å². The van der Waals surface area contributed by atoms with Crippen LogP contribution in [-0.4, -0.2) is 15.3 Å². The van der Waals surface area contributed by atoms with Crippen LogP contribution in [0.25, 0.3) is 10.6 Å². The Labute approximate surface area is 96.4 Å². The summed E-state index contributed by atoms with van der Waals surface area (Å²) in [6.07, 6.45) is 0. The molecular weight excluding hydrogens is 232 g/mol. The smallest absolute Gasteiger partial charge is 0.147 e. The summed E-state index contributed by atoms with van der Waals surface area (Å²) in [5.41, 5.74) is 1.72. The summed E-state index contributed by atoms with van der Waals surface area (Å²) in [4.78, 5) is 0. The summed E-state index contributed by atoms with van der Waals surface area (Å²) in [7, 11) is 0. The molecule has 0 aliphatic rings. The number of aromatic nitrogens is 2. The Hall–Kier alpha value is -1.13. The van der Waals surface area contributed by atoms with Gasteiger partial charge in [0, 0.05) is 5.56 Å². The molecule has 0 atom stereocenters. The van der Waals surface area contributed by atoms with Gasteiger partial charge >= 0.3 is 0 Å². The predicted octanol–water partition coefficient (Wildman–Crippen LogP) is 2.96. The topological polar surface area (TPSA) is 46.0 Å². The second-order valence-corrected chi connectivity index (χ2v) is 4.47. The van der Waals surface area contributed by atoms with E-state index in [0.717, 1.165) is 21.1 Å². The summed E-state index contributed by atoms with van der Waals surface area (Å²) in [6.45, 7) is 1.85. The van der Waals surface area contributed by atoms with Gasteiger partial charge in [-0.3, -0.25) is 0 Å². The average molecular weight is 241 g/mol. The highest BCUT2D eigenvalue weighted by Crippen LogP contribution is 2.28. The molecule has 5 heteroatoms. The lowest BCUT2D eigenvalue weighted by atomic mass is 10.1. The fourth-order valence-electron chi connectivity index (χ4n) is 1.17. The second-order valence-electron chi connectivity index (χ2n) is 3.14. The minimum Gasteiger partial charge on any atom is -0.508 e. The first kappa shape index (κ1) is 10.4. The van der Waals surface area contributed by atoms with Crippen LogP contribution >= 0.6 is 22.9 Å². The van der Waals surface area contributed by atoms with Gasteiger partial charge in [-0.15, -0.1) is 21.8 Å². The van der Waals surface area contributed by atoms with Gasteiger partial charge in [0.2, 0.25) is 0 Å². The van der Waals surface area contributed by atoms with Crippen LogP contribution in [0.4, 0.5) is 0 Å². The lowest BCUT2D eigenvalue weighted by Gasteiger charge is -1.99. The summed E-state index contributed by atoms with van der Waals surface area (Å²) < 4.78 is 0. The molecule has 2 aromatic rings. The fourth-order valence-corrected chi connectivity index (χ4v) is 2.07. The van der Waals surface area contributed by atoms with E-state index in [1.807, 2.05) is 19.1 Å². The first-order chi connectivity index (χ1) is 7.20. The van der Waals surface area contributed by atoms with Gasteiger partial charge in [0.15, 0.2) is 0 Å². The van der Waals surface area contributed by atoms with Gasteiger partial charge in [0.05, 0.1) is 5.88 Å². The highest BCUT2D eigenvalue weighted by molar-refractivity contribution is 7.14. The van der Waals surface area contributed by atoms with Crippen molar-refractivity contribution < 1.29 is 5.11 Å². The molecule has 2 rings (SSSR count). The molecule has 0 aliphatic heterocycles. The molecular formula is C10H9ClN2OS. The largest absolute Gasteiger partial charge is 0.508 e. The number of aryl methyl sites for hydroxylation is 1. The number of nitrogens with zero attached hydrogens (tertiary/aromatic N) is 2. The molecule has 3 nitrogen and oxygen atoms in total. The molecule has 0 bridgehead atoms. The molecule has 78 valence electrons. The van der Waals surface area contributed by atoms with E-state index >= 15 is 0 Å². The molecule has 0 fully saturated rings. The maximum Gasteiger partial charge on any atom is 0.147 e. The lowest BCUT2D eigenvalue weighted by molar-refractivity contribution is 0.471. The van der Waals surface area contributed by atoms with Gasteiger partial charge in [0.25, 0.3) is 0 Å². The van der Waals surface area contributed by atoms with Crippen LogP contribution in [0.3, 0.4) is 0 Å². The van der Waals surface area contributed by atoms with Gasteiger partial charge in [0.1, 0.15) is 15.8 Å². The number of phenols is 1. The van der Waals surface area contributed by atoms with E-state index in [2.05, 4.69) is 10.2 Å². The van der Waals surface area contributed by atoms with E-state index in [4.69, 9.17) is 11.6 Å². The van der Waals surface area contributed by atoms with E-state index < -0.39 is 0 Å². The van der Waals surface area contributed by atoms with Crippen molar-refractivity contribution in [3.63, 3.8) is 0 Å². The van der Waals surface area contributed by atoms with Crippen LogP contribution in [0.2, 0.25) is 0 Å². The third-order valence-corrected chi connectivity index (χ3v) is 3.42. The van der Waals surface area contributed by atoms with Crippen LogP contribution in [-0.2, 0) is 5.88 Å². The molecule has 1 N–H and O–H groups in total. The Morgan fingerprint density at radius 2 is 2.20 bits per heavy atom. The Morgan fingerprint density at radius 3 is 2.80 bits per heavy atom. The van der Waals surface area contributed by atoms with Crippen molar-refractivity contribution in [1.29, 1.82) is 0 Å². The monoisotopic (exact) mass is 240 g/mol. The summed E-state index contributed by atoms with van der Waals surface area (Å²) in [6, 6.07) is 5.45. The van der Waals surface area contributed by atoms with E-state index in [1.54, 1.807) is 6.07 Å². The van der Waals surface area contributed by atoms with Crippen molar-refractivity contribution in [2.24, 2.45) is 0 Å². The van der Waals surface area contributed by atoms with Gasteiger partial charge in [-0.05, 0) is 18.6 Å². The van der Waals surface area contributed by atoms with Gasteiger partial charge < -0.3 is 5.11 Å². The molecule has 15 heavy (non-hydrogen) atoms. The van der Waals surface area contributed by atoms with E-state index in [1.165, 1.54) is 11.3 Å². The zero-order valence-electron chi connectivity index (χ0n) is 8.07. The third kappa shape index (κ3) is 2.11. The van der Waals surface area contributed by atoms with E-state index in [9.17, 15) is 5.11 Å². The van der Waals surface area contributed by atoms with Crippen molar-refractivity contribution in [3.8, 4) is 16.3 Å². The predicted molar refractivity (Wildman–Crippen MR) is 61.3 cm³/mol. The van der Waals surface area contributed by atoms with Crippen molar-refractivity contribution in [2.75, 3.05) is 0 Å². The molecule has 1 aromatic heterocycles. The molecule has 1 aromatic carbocycles. The first-order valence-electron chi connectivity index (χ1n) is 4.39. The first-order valence-corrected chi connectivity index (χ1v) is 5.74. The summed E-state index contributed by atoms with van der Waals surface area (Å²) in [5.74, 6) is 0.644. The molecule has 0 radical (unpaired) electrons. The fraction of sp³-hybridized carbons (Fsp3) is 0.200. The lowest BCUT2D eigenvalue weighted by Crippen LogP contribution is -1.79. The normalized spacial score (nSPS) is 10.5. The zero-order chi connectivity index (χ0) is 10.8. The summed E-state index contributed by atoms with van der Waals surface area (Å²) in [5, 5.41) is 19.0. The van der Waals surface area contributed by atoms with Crippen molar-refractivity contribution >= 4 is 22.9 Å². The molecule has 0 saturated heterocycles. The van der Waals surface area contributed by atoms with Gasteiger partial charge in [-0.25, -0.2) is 0 Å². The third-order valence-electron chi connectivity index (χ3n) is 2.04. The zero-order valence-corrected chi connectivity index (χ0v) is 9.64. The van der Waals surface area contributed by atoms with Gasteiger partial charge in [-0.2, -0.15) is 0 Å². The van der Waals surface area contributed by atoms with Crippen molar-refractivity contribution in [1.82, 2.24) is 10.2 Å². The molecule has 0 amide bonds. The summed E-state index contributed by atoms with van der Waals surface area (Å²) >= 11 is 7.08. The van der Waals surface area contributed by atoms with Crippen LogP contribution in [0.5, 0.6) is 5.75 Å². The maximum atomic E-state index is 9.56. The van der Waals surface area contributed by atoms with Gasteiger partial charge in [-0.1, -0.05) is 23.5 Å². The Bertz CT molecular complexity index is 484. The number of hydrogen-bond acceptors (Lipinski definition) is 4. The van der Waals surface area contributed by atoms with E-state index in [0.29, 0.717) is 5.88 Å². The molecule has 0 unspecified atom stereocenters. The Kier molecular flexibility index (Phi) is 2.88. The Morgan fingerprint density at radius 1 is 1.40 bits per heavy atom. The standard InChI is InChI=1S/C10H9ClN2OS/c1-6-2-3-7(4-8(6)14)10-13-12-9(5-11)15-10/h2-4,14H,5H2,1H3. The quantitative estimate of drug-likeness (QED) is 0.821. The molecule has 0 saturated carbocycles. The van der Waals surface area contributed by atoms with Crippen LogP contribution in [0.1, 0.15) is 10.6 Å². The number of phenolic OH excluding ortho intramolecular Hbond substituents is 1. The Balaban J connectivity index is 2.40. The minimum absolute atomic E-state index is 0.273. The highest BCUT2D eigenvalue weighted by Gasteiger charge is 2.07. The number of halogens is 1. The molecule has 0 aliphatic carbocycles. The highest BCUT2D eigenvalue weighted by atomic mass is 35.5. The second kappa shape index (κ2) is 4.16. The number of aromatic hydroxyl groups is 1. The minimum atomic E-state index is 0.273. The van der Waals surface area contributed by atoms with Crippen molar-refractivity contribution in [2.45, 2.75) is 12.8 Å². The van der Waals surface area contributed by atoms with Crippen LogP contribution in [0, 0.1) is 6.92 Å². The van der Waals surface area contributed by atoms with Crippen LogP contribution < -0.4 is 0 Å². The molecule has 1 heterocycles. The number of rotatable bonds is 2. The SMILES string of the molecule is Cc1ccc(-c2nnc(CCl)s2)cc1O. The molecule has 0 spiro atoms. The van der Waals surface area contributed by atoms with Crippen LogP contribution in [0.15, 0.2) is 18.2 Å². The maximum absolute atomic E-state index is 9.56. The number of alkyl halides is 1.